The van der Waals surface area contributed by atoms with Crippen molar-refractivity contribution in [1.82, 2.24) is 4.90 Å². The average Bonchev–Trinajstić information content (AvgIpc) is 3.39. The highest BCUT2D eigenvalue weighted by molar-refractivity contribution is 8.18. The fourth-order valence-corrected chi connectivity index (χ4v) is 4.57. The summed E-state index contributed by atoms with van der Waals surface area (Å²) in [4.78, 5) is 37.5. The first-order valence-corrected chi connectivity index (χ1v) is 11.9. The lowest BCUT2D eigenvalue weighted by Gasteiger charge is -2.17. The molecule has 1 aromatic heterocycles. The van der Waals surface area contributed by atoms with Crippen molar-refractivity contribution in [2.24, 2.45) is 0 Å². The number of imide groups is 1. The molecule has 0 bridgehead atoms. The van der Waals surface area contributed by atoms with Crippen LogP contribution in [0.25, 0.3) is 17.4 Å². The number of ether oxygens (including phenoxy) is 1. The van der Waals surface area contributed by atoms with Crippen LogP contribution in [0.4, 0.5) is 10.5 Å². The van der Waals surface area contributed by atoms with Crippen LogP contribution in [0.2, 0.25) is 0 Å². The molecule has 35 heavy (non-hydrogen) atoms. The van der Waals surface area contributed by atoms with Crippen molar-refractivity contribution in [3.05, 3.63) is 86.5 Å². The Morgan fingerprint density at radius 2 is 1.91 bits per heavy atom. The lowest BCUT2D eigenvalue weighted by atomic mass is 10.0. The summed E-state index contributed by atoms with van der Waals surface area (Å²) in [6.45, 7) is 6.43. The number of para-hydroxylation sites is 1. The zero-order valence-electron chi connectivity index (χ0n) is 19.5. The van der Waals surface area contributed by atoms with E-state index in [0.717, 1.165) is 33.5 Å². The van der Waals surface area contributed by atoms with Crippen LogP contribution in [-0.4, -0.2) is 34.1 Å². The third kappa shape index (κ3) is 5.30. The molecule has 3 aromatic rings. The summed E-state index contributed by atoms with van der Waals surface area (Å²) in [6.07, 6.45) is 1.47. The highest BCUT2D eigenvalue weighted by atomic mass is 32.2. The number of amides is 2. The summed E-state index contributed by atoms with van der Waals surface area (Å²) >= 11 is 0.821. The molecule has 2 aromatic carbocycles. The Morgan fingerprint density at radius 1 is 1.14 bits per heavy atom. The van der Waals surface area contributed by atoms with Crippen molar-refractivity contribution in [3.8, 4) is 17.1 Å². The second-order valence-electron chi connectivity index (χ2n) is 8.35. The standard InChI is InChI=1S/C26H24N2O6S/c1-16(2)19-10-8-17(3)14-23(19)33-13-12-27-25(29)24(35-26(27)30)15-18-9-11-22(34-18)20-6-4-5-7-21(20)28(31)32/h4-11,14-16H,12-13H2,1-3H3/b24-15-. The monoisotopic (exact) mass is 492 g/mol. The van der Waals surface area contributed by atoms with Crippen molar-refractivity contribution >= 4 is 34.7 Å². The third-order valence-corrected chi connectivity index (χ3v) is 6.41. The average molecular weight is 493 g/mol. The molecule has 0 atom stereocenters. The number of carbonyl (C=O) groups is 2. The minimum Gasteiger partial charge on any atom is -0.491 e. The lowest BCUT2D eigenvalue weighted by Crippen LogP contribution is -2.32. The largest absolute Gasteiger partial charge is 0.491 e. The quantitative estimate of drug-likeness (QED) is 0.204. The molecule has 0 N–H and O–H groups in total. The SMILES string of the molecule is Cc1ccc(C(C)C)c(OCCN2C(=O)S/C(=C\c3ccc(-c4ccccc4[N+](=O)[O-])o3)C2=O)c1. The van der Waals surface area contributed by atoms with E-state index in [9.17, 15) is 19.7 Å². The van der Waals surface area contributed by atoms with Crippen molar-refractivity contribution < 1.29 is 23.7 Å². The minimum atomic E-state index is -0.480. The van der Waals surface area contributed by atoms with E-state index in [0.29, 0.717) is 17.1 Å². The van der Waals surface area contributed by atoms with Crippen molar-refractivity contribution in [3.63, 3.8) is 0 Å². The lowest BCUT2D eigenvalue weighted by molar-refractivity contribution is -0.384. The first-order valence-electron chi connectivity index (χ1n) is 11.1. The maximum absolute atomic E-state index is 12.8. The van der Waals surface area contributed by atoms with Crippen LogP contribution in [0.15, 0.2) is 63.9 Å². The molecule has 2 amide bonds. The molecular weight excluding hydrogens is 468 g/mol. The molecule has 0 aliphatic carbocycles. The number of carbonyl (C=O) groups excluding carboxylic acids is 2. The Morgan fingerprint density at radius 3 is 2.66 bits per heavy atom. The molecule has 0 radical (unpaired) electrons. The first kappa shape index (κ1) is 24.3. The Kier molecular flexibility index (Phi) is 7.07. The molecule has 0 spiro atoms. The molecule has 2 heterocycles. The normalized spacial score (nSPS) is 14.9. The summed E-state index contributed by atoms with van der Waals surface area (Å²) < 4.78 is 11.7. The number of aryl methyl sites for hydroxylation is 1. The molecule has 8 nitrogen and oxygen atoms in total. The van der Waals surface area contributed by atoms with E-state index >= 15 is 0 Å². The van der Waals surface area contributed by atoms with Crippen molar-refractivity contribution in [1.29, 1.82) is 0 Å². The highest BCUT2D eigenvalue weighted by Gasteiger charge is 2.35. The molecular formula is C26H24N2O6S. The summed E-state index contributed by atoms with van der Waals surface area (Å²) in [5.74, 6) is 1.22. The highest BCUT2D eigenvalue weighted by Crippen LogP contribution is 2.35. The molecule has 9 heteroatoms. The van der Waals surface area contributed by atoms with Crippen molar-refractivity contribution in [2.45, 2.75) is 26.7 Å². The maximum atomic E-state index is 12.8. The van der Waals surface area contributed by atoms with Gasteiger partial charge in [0.1, 0.15) is 23.9 Å². The van der Waals surface area contributed by atoms with E-state index in [1.807, 2.05) is 25.1 Å². The number of nitro benzene ring substituents is 1. The van der Waals surface area contributed by atoms with Crippen LogP contribution in [0.3, 0.4) is 0 Å². The number of hydrogen-bond donors (Lipinski definition) is 0. The predicted octanol–water partition coefficient (Wildman–Crippen LogP) is 6.40. The van der Waals surface area contributed by atoms with Crippen LogP contribution in [0, 0.1) is 17.0 Å². The molecule has 4 rings (SSSR count). The van der Waals surface area contributed by atoms with E-state index < -0.39 is 10.8 Å². The van der Waals surface area contributed by atoms with Gasteiger partial charge in [-0.05, 0) is 60.0 Å². The van der Waals surface area contributed by atoms with Crippen molar-refractivity contribution in [2.75, 3.05) is 13.2 Å². The number of hydrogen-bond acceptors (Lipinski definition) is 7. The number of thioether (sulfide) groups is 1. The van der Waals surface area contributed by atoms with Gasteiger partial charge in [-0.3, -0.25) is 24.6 Å². The summed E-state index contributed by atoms with van der Waals surface area (Å²) in [5.41, 5.74) is 2.39. The second-order valence-corrected chi connectivity index (χ2v) is 9.35. The van der Waals surface area contributed by atoms with Crippen LogP contribution >= 0.6 is 11.8 Å². The van der Waals surface area contributed by atoms with E-state index in [1.54, 1.807) is 30.3 Å². The Labute approximate surface area is 206 Å². The fraction of sp³-hybridized carbons (Fsp3) is 0.231. The zero-order chi connectivity index (χ0) is 25.1. The van der Waals surface area contributed by atoms with Crippen LogP contribution in [-0.2, 0) is 4.79 Å². The van der Waals surface area contributed by atoms with Gasteiger partial charge in [0, 0.05) is 12.1 Å². The Balaban J connectivity index is 1.45. The molecule has 1 aliphatic rings. The van der Waals surface area contributed by atoms with Crippen LogP contribution < -0.4 is 4.74 Å². The van der Waals surface area contributed by atoms with Gasteiger partial charge >= 0.3 is 0 Å². The van der Waals surface area contributed by atoms with Gasteiger partial charge in [-0.2, -0.15) is 0 Å². The number of rotatable bonds is 8. The van der Waals surface area contributed by atoms with E-state index in [4.69, 9.17) is 9.15 Å². The first-order chi connectivity index (χ1) is 16.7. The third-order valence-electron chi connectivity index (χ3n) is 5.50. The van der Waals surface area contributed by atoms with E-state index in [1.165, 1.54) is 12.1 Å². The molecule has 180 valence electrons. The van der Waals surface area contributed by atoms with E-state index in [-0.39, 0.29) is 34.9 Å². The van der Waals surface area contributed by atoms with Gasteiger partial charge < -0.3 is 9.15 Å². The Bertz CT molecular complexity index is 1330. The van der Waals surface area contributed by atoms with Gasteiger partial charge in [0.2, 0.25) is 0 Å². The smallest absolute Gasteiger partial charge is 0.293 e. The number of benzene rings is 2. The Hall–Kier alpha value is -3.85. The fourth-order valence-electron chi connectivity index (χ4n) is 3.73. The maximum Gasteiger partial charge on any atom is 0.293 e. The summed E-state index contributed by atoms with van der Waals surface area (Å²) in [5, 5.41) is 10.9. The van der Waals surface area contributed by atoms with Gasteiger partial charge in [0.25, 0.3) is 16.8 Å². The minimum absolute atomic E-state index is 0.0806. The predicted molar refractivity (Wildman–Crippen MR) is 134 cm³/mol. The van der Waals surface area contributed by atoms with Gasteiger partial charge in [0.15, 0.2) is 0 Å². The number of nitrogens with zero attached hydrogens (tertiary/aromatic N) is 2. The summed E-state index contributed by atoms with van der Waals surface area (Å²) in [6, 6.07) is 15.5. The van der Waals surface area contributed by atoms with Crippen LogP contribution in [0.1, 0.15) is 36.7 Å². The molecule has 0 unspecified atom stereocenters. The topological polar surface area (TPSA) is 103 Å². The summed E-state index contributed by atoms with van der Waals surface area (Å²) in [7, 11) is 0. The van der Waals surface area contributed by atoms with Crippen LogP contribution in [0.5, 0.6) is 5.75 Å². The van der Waals surface area contributed by atoms with E-state index in [2.05, 4.69) is 13.8 Å². The molecule has 1 fully saturated rings. The van der Waals surface area contributed by atoms with Gasteiger partial charge in [-0.15, -0.1) is 0 Å². The number of nitro groups is 1. The van der Waals surface area contributed by atoms with Gasteiger partial charge in [0.05, 0.1) is 21.9 Å². The van der Waals surface area contributed by atoms with Gasteiger partial charge in [-0.25, -0.2) is 0 Å². The molecule has 1 aliphatic heterocycles. The zero-order valence-corrected chi connectivity index (χ0v) is 20.3. The van der Waals surface area contributed by atoms with Gasteiger partial charge in [-0.1, -0.05) is 38.1 Å². The molecule has 1 saturated heterocycles. The second kappa shape index (κ2) is 10.2. The number of furan rings is 1. The molecule has 0 saturated carbocycles.